The first-order valence-electron chi connectivity index (χ1n) is 3.72. The van der Waals surface area contributed by atoms with Crippen molar-refractivity contribution >= 4 is 13.9 Å². The van der Waals surface area contributed by atoms with Gasteiger partial charge < -0.3 is 14.7 Å². The molecule has 1 aromatic carbocycles. The van der Waals surface area contributed by atoms with Crippen LogP contribution in [-0.2, 0) is 4.57 Å². The molecule has 0 aromatic heterocycles. The summed E-state index contributed by atoms with van der Waals surface area (Å²) in [6, 6.07) is 10.0. The minimum absolute atomic E-state index is 1.17. The summed E-state index contributed by atoms with van der Waals surface area (Å²) < 4.78 is 8.88. The highest BCUT2D eigenvalue weighted by molar-refractivity contribution is 7.45. The lowest BCUT2D eigenvalue weighted by Crippen LogP contribution is -2.02. The van der Waals surface area contributed by atoms with Gasteiger partial charge in [-0.25, -0.2) is 4.57 Å². The molecule has 0 fully saturated rings. The van der Waals surface area contributed by atoms with Crippen LogP contribution in [0, 0.1) is 0 Å². The third-order valence-corrected chi connectivity index (χ3v) is 1.04. The van der Waals surface area contributed by atoms with Gasteiger partial charge in [0.1, 0.15) is 0 Å². The Morgan fingerprint density at radius 1 is 1.13 bits per heavy atom. The Labute approximate surface area is 88.1 Å². The van der Waals surface area contributed by atoms with Crippen LogP contribution in [0.3, 0.4) is 0 Å². The molecule has 6 nitrogen and oxygen atoms in total. The van der Waals surface area contributed by atoms with Gasteiger partial charge in [0.25, 0.3) is 0 Å². The van der Waals surface area contributed by atoms with Crippen LogP contribution in [0.5, 0.6) is 0 Å². The first-order valence-corrected chi connectivity index (χ1v) is 5.29. The number of hydrazine groups is 1. The van der Waals surface area contributed by atoms with Crippen molar-refractivity contribution in [2.45, 2.75) is 0 Å². The molecule has 15 heavy (non-hydrogen) atoms. The minimum Gasteiger partial charge on any atom is -0.303 e. The molecule has 1 rings (SSSR count). The second kappa shape index (κ2) is 9.54. The molecule has 0 bridgehead atoms. The molecule has 0 heterocycles. The van der Waals surface area contributed by atoms with Gasteiger partial charge in [-0.1, -0.05) is 43.0 Å². The van der Waals surface area contributed by atoms with E-state index in [-0.39, 0.29) is 0 Å². The lowest BCUT2D eigenvalue weighted by Gasteiger charge is -1.85. The topological polar surface area (TPSA) is 130 Å². The van der Waals surface area contributed by atoms with E-state index in [1.165, 1.54) is 5.56 Å². The molecule has 0 unspecified atom stereocenters. The van der Waals surface area contributed by atoms with E-state index in [4.69, 9.17) is 19.2 Å². The zero-order valence-electron chi connectivity index (χ0n) is 8.02. The Morgan fingerprint density at radius 2 is 1.47 bits per heavy atom. The highest BCUT2D eigenvalue weighted by atomic mass is 31.2. The monoisotopic (exact) mass is 234 g/mol. The summed E-state index contributed by atoms with van der Waals surface area (Å²) in [6.45, 7) is 3.63. The van der Waals surface area contributed by atoms with E-state index < -0.39 is 7.82 Å². The third kappa shape index (κ3) is 19.4. The molecule has 7 N–H and O–H groups in total. The summed E-state index contributed by atoms with van der Waals surface area (Å²) in [6.07, 6.45) is 1.83. The number of rotatable bonds is 1. The van der Waals surface area contributed by atoms with Gasteiger partial charge in [0, 0.05) is 0 Å². The van der Waals surface area contributed by atoms with Crippen LogP contribution in [0.2, 0.25) is 0 Å². The van der Waals surface area contributed by atoms with Gasteiger partial charge in [0.05, 0.1) is 0 Å². The van der Waals surface area contributed by atoms with E-state index in [1.807, 2.05) is 36.4 Å². The van der Waals surface area contributed by atoms with Gasteiger partial charge in [-0.05, 0) is 5.56 Å². The predicted octanol–water partition coefficient (Wildman–Crippen LogP) is 0.220. The molecular formula is C8H15N2O4P. The van der Waals surface area contributed by atoms with Crippen LogP contribution in [0.15, 0.2) is 36.9 Å². The molecule has 0 amide bonds. The SMILES string of the molecule is C=Cc1ccccc1.NN.O=P(O)(O)O. The summed E-state index contributed by atoms with van der Waals surface area (Å²) in [5.74, 6) is 8.00. The van der Waals surface area contributed by atoms with Crippen molar-refractivity contribution in [1.82, 2.24) is 0 Å². The van der Waals surface area contributed by atoms with Crippen molar-refractivity contribution in [3.63, 3.8) is 0 Å². The predicted molar refractivity (Wildman–Crippen MR) is 59.2 cm³/mol. The molecule has 86 valence electrons. The van der Waals surface area contributed by atoms with E-state index in [0.717, 1.165) is 0 Å². The molecule has 0 aliphatic carbocycles. The maximum Gasteiger partial charge on any atom is 0.466 e. The minimum atomic E-state index is -4.64. The highest BCUT2D eigenvalue weighted by Gasteiger charge is 2.00. The Morgan fingerprint density at radius 3 is 1.67 bits per heavy atom. The second-order valence-corrected chi connectivity index (χ2v) is 3.15. The standard InChI is InChI=1S/C8H8.H4N2.H3O4P/c1-2-8-6-4-3-5-7-8;1-2;1-5(2,3)4/h2-7H,1H2;1-2H2;(H3,1,2,3,4). The van der Waals surface area contributed by atoms with Crippen LogP contribution in [0.25, 0.3) is 6.08 Å². The first kappa shape index (κ1) is 16.4. The van der Waals surface area contributed by atoms with E-state index >= 15 is 0 Å². The first-order chi connectivity index (χ1) is 6.93. The van der Waals surface area contributed by atoms with Gasteiger partial charge in [-0.15, -0.1) is 0 Å². The van der Waals surface area contributed by atoms with Gasteiger partial charge in [-0.2, -0.15) is 0 Å². The van der Waals surface area contributed by atoms with Crippen LogP contribution in [0.1, 0.15) is 5.56 Å². The fraction of sp³-hybridized carbons (Fsp3) is 0. The van der Waals surface area contributed by atoms with Gasteiger partial charge in [0.2, 0.25) is 0 Å². The molecule has 0 aliphatic heterocycles. The van der Waals surface area contributed by atoms with Gasteiger partial charge in [0.15, 0.2) is 0 Å². The molecule has 0 radical (unpaired) electrons. The number of hydrogen-bond acceptors (Lipinski definition) is 3. The van der Waals surface area contributed by atoms with Crippen LogP contribution < -0.4 is 11.7 Å². The number of nitrogens with two attached hydrogens (primary N) is 2. The molecule has 7 heteroatoms. The van der Waals surface area contributed by atoms with Crippen LogP contribution in [0.4, 0.5) is 0 Å². The molecule has 0 spiro atoms. The highest BCUT2D eigenvalue weighted by Crippen LogP contribution is 2.25. The van der Waals surface area contributed by atoms with Gasteiger partial charge >= 0.3 is 7.82 Å². The molecule has 0 saturated heterocycles. The second-order valence-electron chi connectivity index (χ2n) is 2.13. The third-order valence-electron chi connectivity index (χ3n) is 1.04. The fourth-order valence-electron chi connectivity index (χ4n) is 0.589. The quantitative estimate of drug-likeness (QED) is 0.268. The van der Waals surface area contributed by atoms with E-state index in [9.17, 15) is 0 Å². The summed E-state index contributed by atoms with van der Waals surface area (Å²) in [5.41, 5.74) is 1.17. The summed E-state index contributed by atoms with van der Waals surface area (Å²) >= 11 is 0. The smallest absolute Gasteiger partial charge is 0.303 e. The van der Waals surface area contributed by atoms with Crippen molar-refractivity contribution in [2.24, 2.45) is 11.7 Å². The maximum atomic E-state index is 8.88. The van der Waals surface area contributed by atoms with Crippen molar-refractivity contribution in [3.05, 3.63) is 42.5 Å². The molecule has 0 aliphatic rings. The molecule has 0 saturated carbocycles. The average Bonchev–Trinajstić information content (AvgIpc) is 2.20. The van der Waals surface area contributed by atoms with E-state index in [0.29, 0.717) is 0 Å². The molecule has 1 aromatic rings. The fourth-order valence-corrected chi connectivity index (χ4v) is 0.589. The zero-order chi connectivity index (χ0) is 12.3. The van der Waals surface area contributed by atoms with Gasteiger partial charge in [-0.3, -0.25) is 11.7 Å². The van der Waals surface area contributed by atoms with Crippen LogP contribution in [-0.4, -0.2) is 14.7 Å². The number of benzene rings is 1. The van der Waals surface area contributed by atoms with Crippen molar-refractivity contribution < 1.29 is 19.2 Å². The van der Waals surface area contributed by atoms with Crippen LogP contribution >= 0.6 is 7.82 Å². The normalized spacial score (nSPS) is 8.87. The average molecular weight is 234 g/mol. The zero-order valence-corrected chi connectivity index (χ0v) is 8.92. The maximum absolute atomic E-state index is 8.88. The van der Waals surface area contributed by atoms with Crippen molar-refractivity contribution in [3.8, 4) is 0 Å². The largest absolute Gasteiger partial charge is 0.466 e. The molecular weight excluding hydrogens is 219 g/mol. The molecule has 0 atom stereocenters. The summed E-state index contributed by atoms with van der Waals surface area (Å²) in [4.78, 5) is 21.6. The van der Waals surface area contributed by atoms with Crippen molar-refractivity contribution in [2.75, 3.05) is 0 Å². The number of hydrogen-bond donors (Lipinski definition) is 5. The lowest BCUT2D eigenvalue weighted by molar-refractivity contribution is 0.275. The Balaban J connectivity index is 0. The Hall–Kier alpha value is -1.01. The Kier molecular flexibility index (Phi) is 10.4. The summed E-state index contributed by atoms with van der Waals surface area (Å²) in [7, 11) is -4.64. The summed E-state index contributed by atoms with van der Waals surface area (Å²) in [5, 5.41) is 0. The lowest BCUT2D eigenvalue weighted by atomic mass is 10.2. The van der Waals surface area contributed by atoms with E-state index in [1.54, 1.807) is 0 Å². The van der Waals surface area contributed by atoms with Crippen molar-refractivity contribution in [1.29, 1.82) is 0 Å². The number of phosphoric acid groups is 1. The Bertz CT molecular complexity index is 291. The van der Waals surface area contributed by atoms with E-state index in [2.05, 4.69) is 18.3 Å².